The third-order valence-corrected chi connectivity index (χ3v) is 4.58. The van der Waals surface area contributed by atoms with Gasteiger partial charge in [-0.2, -0.15) is 0 Å². The van der Waals surface area contributed by atoms with Crippen LogP contribution in [-0.2, 0) is 4.79 Å². The molecular formula is C18H25ClF2N2O2. The quantitative estimate of drug-likeness (QED) is 0.746. The Hall–Kier alpha value is -1.53. The van der Waals surface area contributed by atoms with Gasteiger partial charge in [-0.15, -0.1) is 12.4 Å². The fourth-order valence-electron chi connectivity index (χ4n) is 3.01. The number of ketones is 1. The summed E-state index contributed by atoms with van der Waals surface area (Å²) in [5.41, 5.74) is 0.104. The number of carbonyl (C=O) groups is 2. The van der Waals surface area contributed by atoms with Crippen LogP contribution in [0.2, 0.25) is 0 Å². The molecule has 0 aliphatic carbocycles. The number of hydrogen-bond acceptors (Lipinski definition) is 3. The molecule has 1 fully saturated rings. The molecule has 0 aromatic heterocycles. The molecule has 2 rings (SSSR count). The van der Waals surface area contributed by atoms with Gasteiger partial charge in [0.15, 0.2) is 17.4 Å². The lowest BCUT2D eigenvalue weighted by molar-refractivity contribution is -0.132. The number of Topliss-reactive ketones (excluding diaryl/α,β-unsaturated/α-hetero) is 1. The summed E-state index contributed by atoms with van der Waals surface area (Å²) < 4.78 is 26.0. The second kappa shape index (κ2) is 10.5. The zero-order valence-corrected chi connectivity index (χ0v) is 15.2. The lowest BCUT2D eigenvalue weighted by atomic mass is 9.93. The third-order valence-electron chi connectivity index (χ3n) is 4.58. The molecule has 1 aliphatic heterocycles. The fraction of sp³-hybridized carbons (Fsp3) is 0.556. The summed E-state index contributed by atoms with van der Waals surface area (Å²) in [6.45, 7) is 2.44. The van der Waals surface area contributed by atoms with E-state index in [4.69, 9.17) is 0 Å². The first-order valence-electron chi connectivity index (χ1n) is 8.42. The Labute approximate surface area is 153 Å². The molecule has 1 saturated heterocycles. The van der Waals surface area contributed by atoms with Crippen molar-refractivity contribution in [1.29, 1.82) is 0 Å². The number of rotatable bonds is 7. The molecular weight excluding hydrogens is 350 g/mol. The van der Waals surface area contributed by atoms with Crippen molar-refractivity contribution in [2.75, 3.05) is 26.7 Å². The van der Waals surface area contributed by atoms with Crippen molar-refractivity contribution >= 4 is 24.1 Å². The van der Waals surface area contributed by atoms with Gasteiger partial charge in [0, 0.05) is 31.5 Å². The lowest BCUT2D eigenvalue weighted by Gasteiger charge is -2.32. The number of likely N-dealkylation sites (tertiary alicyclic amines) is 1. The van der Waals surface area contributed by atoms with Crippen LogP contribution in [0.1, 0.15) is 42.5 Å². The Morgan fingerprint density at radius 2 is 1.84 bits per heavy atom. The fourth-order valence-corrected chi connectivity index (χ4v) is 3.01. The molecule has 0 atom stereocenters. The van der Waals surface area contributed by atoms with Crippen LogP contribution in [0.15, 0.2) is 18.2 Å². The minimum absolute atomic E-state index is 0. The van der Waals surface area contributed by atoms with Crippen molar-refractivity contribution in [3.63, 3.8) is 0 Å². The van der Waals surface area contributed by atoms with Gasteiger partial charge in [0.25, 0.3) is 0 Å². The van der Waals surface area contributed by atoms with Gasteiger partial charge in [0.1, 0.15) is 0 Å². The number of nitrogens with one attached hydrogen (secondary N) is 1. The van der Waals surface area contributed by atoms with Crippen molar-refractivity contribution in [2.24, 2.45) is 5.92 Å². The molecule has 0 saturated carbocycles. The number of hydrogen-bond donors (Lipinski definition) is 1. The minimum atomic E-state index is -1.05. The Morgan fingerprint density at radius 3 is 2.44 bits per heavy atom. The van der Waals surface area contributed by atoms with E-state index in [-0.39, 0.29) is 42.5 Å². The van der Waals surface area contributed by atoms with Crippen LogP contribution in [-0.4, -0.2) is 43.3 Å². The predicted molar refractivity (Wildman–Crippen MR) is 95.0 cm³/mol. The van der Waals surface area contributed by atoms with E-state index in [2.05, 4.69) is 5.32 Å². The molecule has 0 spiro atoms. The predicted octanol–water partition coefficient (Wildman–Crippen LogP) is 3.20. The van der Waals surface area contributed by atoms with Crippen LogP contribution in [0.3, 0.4) is 0 Å². The Morgan fingerprint density at radius 1 is 1.16 bits per heavy atom. The SMILES string of the molecule is CNCCC1CCN(C(=O)CCC(=O)c2ccc(F)c(F)c2)CC1.Cl. The second-order valence-electron chi connectivity index (χ2n) is 6.27. The highest BCUT2D eigenvalue weighted by atomic mass is 35.5. The number of piperidine rings is 1. The van der Waals surface area contributed by atoms with Crippen LogP contribution in [0.25, 0.3) is 0 Å². The molecule has 1 aromatic carbocycles. The molecule has 1 aliphatic rings. The Bertz CT molecular complexity index is 590. The van der Waals surface area contributed by atoms with Crippen LogP contribution in [0, 0.1) is 17.6 Å². The average Bonchev–Trinajstić information content (AvgIpc) is 2.60. The van der Waals surface area contributed by atoms with E-state index in [1.807, 2.05) is 7.05 Å². The maximum absolute atomic E-state index is 13.1. The van der Waals surface area contributed by atoms with Gasteiger partial charge >= 0.3 is 0 Å². The number of benzene rings is 1. The standard InChI is InChI=1S/C18H24F2N2O2.ClH/c1-21-9-6-13-7-10-22(11-8-13)18(24)5-4-17(23)14-2-3-15(19)16(20)12-14;/h2-3,12-13,21H,4-11H2,1H3;1H. The molecule has 1 aromatic rings. The third kappa shape index (κ3) is 6.36. The maximum Gasteiger partial charge on any atom is 0.223 e. The van der Waals surface area contributed by atoms with E-state index >= 15 is 0 Å². The van der Waals surface area contributed by atoms with Crippen molar-refractivity contribution < 1.29 is 18.4 Å². The zero-order valence-electron chi connectivity index (χ0n) is 14.4. The second-order valence-corrected chi connectivity index (χ2v) is 6.27. The van der Waals surface area contributed by atoms with Crippen molar-refractivity contribution in [3.05, 3.63) is 35.4 Å². The Balaban J connectivity index is 0.00000312. The Kier molecular flexibility index (Phi) is 9.00. The van der Waals surface area contributed by atoms with Gasteiger partial charge in [-0.25, -0.2) is 8.78 Å². The molecule has 4 nitrogen and oxygen atoms in total. The summed E-state index contributed by atoms with van der Waals surface area (Å²) >= 11 is 0. The maximum atomic E-state index is 13.1. The highest BCUT2D eigenvalue weighted by Crippen LogP contribution is 2.21. The first-order valence-corrected chi connectivity index (χ1v) is 8.42. The first kappa shape index (κ1) is 21.5. The summed E-state index contributed by atoms with van der Waals surface area (Å²) in [7, 11) is 1.93. The summed E-state index contributed by atoms with van der Waals surface area (Å²) in [5.74, 6) is -1.77. The summed E-state index contributed by atoms with van der Waals surface area (Å²) in [5, 5.41) is 3.14. The zero-order chi connectivity index (χ0) is 17.5. The molecule has 1 heterocycles. The number of nitrogens with zero attached hydrogens (tertiary/aromatic N) is 1. The molecule has 0 bridgehead atoms. The van der Waals surface area contributed by atoms with Crippen molar-refractivity contribution in [2.45, 2.75) is 32.1 Å². The molecule has 7 heteroatoms. The van der Waals surface area contributed by atoms with Gasteiger partial charge in [-0.1, -0.05) is 0 Å². The van der Waals surface area contributed by atoms with E-state index in [0.717, 1.165) is 51.0 Å². The van der Waals surface area contributed by atoms with Gasteiger partial charge in [0.2, 0.25) is 5.91 Å². The number of halogens is 3. The topological polar surface area (TPSA) is 49.4 Å². The van der Waals surface area contributed by atoms with E-state index in [0.29, 0.717) is 5.92 Å². The van der Waals surface area contributed by atoms with Crippen molar-refractivity contribution in [1.82, 2.24) is 10.2 Å². The van der Waals surface area contributed by atoms with Crippen LogP contribution in [0.4, 0.5) is 8.78 Å². The smallest absolute Gasteiger partial charge is 0.223 e. The minimum Gasteiger partial charge on any atom is -0.343 e. The highest BCUT2D eigenvalue weighted by molar-refractivity contribution is 5.97. The van der Waals surface area contributed by atoms with E-state index in [1.54, 1.807) is 4.90 Å². The van der Waals surface area contributed by atoms with E-state index in [1.165, 1.54) is 6.07 Å². The molecule has 25 heavy (non-hydrogen) atoms. The summed E-state index contributed by atoms with van der Waals surface area (Å²) in [4.78, 5) is 26.0. The summed E-state index contributed by atoms with van der Waals surface area (Å²) in [6.07, 6.45) is 3.23. The van der Waals surface area contributed by atoms with Crippen LogP contribution >= 0.6 is 12.4 Å². The van der Waals surface area contributed by atoms with Crippen LogP contribution < -0.4 is 5.32 Å². The highest BCUT2D eigenvalue weighted by Gasteiger charge is 2.23. The van der Waals surface area contributed by atoms with E-state index in [9.17, 15) is 18.4 Å². The van der Waals surface area contributed by atoms with Crippen molar-refractivity contribution in [3.8, 4) is 0 Å². The molecule has 140 valence electrons. The van der Waals surface area contributed by atoms with Gasteiger partial charge < -0.3 is 10.2 Å². The van der Waals surface area contributed by atoms with E-state index < -0.39 is 11.6 Å². The number of carbonyl (C=O) groups excluding carboxylic acids is 2. The normalized spacial score (nSPS) is 14.9. The monoisotopic (exact) mass is 374 g/mol. The largest absolute Gasteiger partial charge is 0.343 e. The molecule has 1 amide bonds. The van der Waals surface area contributed by atoms with Crippen LogP contribution in [0.5, 0.6) is 0 Å². The molecule has 1 N–H and O–H groups in total. The molecule has 0 unspecified atom stereocenters. The lowest BCUT2D eigenvalue weighted by Crippen LogP contribution is -2.39. The van der Waals surface area contributed by atoms with Gasteiger partial charge in [0.05, 0.1) is 0 Å². The summed E-state index contributed by atoms with van der Waals surface area (Å²) in [6, 6.07) is 3.06. The van der Waals surface area contributed by atoms with Gasteiger partial charge in [-0.05, 0) is 57.0 Å². The number of amides is 1. The molecule has 0 radical (unpaired) electrons. The average molecular weight is 375 g/mol. The first-order chi connectivity index (χ1) is 11.5. The van der Waals surface area contributed by atoms with Gasteiger partial charge in [-0.3, -0.25) is 9.59 Å².